The Bertz CT molecular complexity index is 700. The standard InChI is InChI=1S/C19H22N2O3/c1-21(2)19(22)20-16-9-7-14(8-10-16)5-6-15-11-17(23-3)13-18(12-15)24-4/h5-13H,1-4H3,(H,20,22)/b6-5+. The number of nitrogens with zero attached hydrogens (tertiary/aromatic N) is 1. The summed E-state index contributed by atoms with van der Waals surface area (Å²) in [6.07, 6.45) is 3.98. The third kappa shape index (κ3) is 4.78. The highest BCUT2D eigenvalue weighted by Gasteiger charge is 2.03. The molecule has 0 aliphatic carbocycles. The fourth-order valence-corrected chi connectivity index (χ4v) is 2.03. The molecule has 2 aromatic carbocycles. The normalized spacial score (nSPS) is 10.5. The molecule has 0 aliphatic heterocycles. The molecule has 0 saturated heterocycles. The van der Waals surface area contributed by atoms with E-state index in [4.69, 9.17) is 9.47 Å². The fraction of sp³-hybridized carbons (Fsp3) is 0.211. The van der Waals surface area contributed by atoms with Crippen molar-refractivity contribution in [1.29, 1.82) is 0 Å². The number of urea groups is 1. The molecule has 5 heteroatoms. The zero-order valence-corrected chi connectivity index (χ0v) is 14.4. The lowest BCUT2D eigenvalue weighted by Crippen LogP contribution is -2.27. The molecule has 0 aliphatic rings. The van der Waals surface area contributed by atoms with Gasteiger partial charge in [-0.2, -0.15) is 0 Å². The summed E-state index contributed by atoms with van der Waals surface area (Å²) < 4.78 is 10.5. The number of anilines is 1. The van der Waals surface area contributed by atoms with Crippen LogP contribution in [0, 0.1) is 0 Å². The summed E-state index contributed by atoms with van der Waals surface area (Å²) in [4.78, 5) is 13.1. The van der Waals surface area contributed by atoms with Crippen molar-refractivity contribution in [2.45, 2.75) is 0 Å². The lowest BCUT2D eigenvalue weighted by Gasteiger charge is -2.11. The molecule has 1 N–H and O–H groups in total. The first kappa shape index (κ1) is 17.4. The van der Waals surface area contributed by atoms with Crippen molar-refractivity contribution in [2.24, 2.45) is 0 Å². The largest absolute Gasteiger partial charge is 0.497 e. The maximum Gasteiger partial charge on any atom is 0.321 e. The lowest BCUT2D eigenvalue weighted by atomic mass is 10.1. The van der Waals surface area contributed by atoms with Crippen LogP contribution in [-0.2, 0) is 0 Å². The maximum atomic E-state index is 11.6. The van der Waals surface area contributed by atoms with E-state index in [9.17, 15) is 4.79 Å². The number of benzene rings is 2. The number of rotatable bonds is 5. The summed E-state index contributed by atoms with van der Waals surface area (Å²) >= 11 is 0. The Balaban J connectivity index is 2.10. The van der Waals surface area contributed by atoms with Gasteiger partial charge in [-0.25, -0.2) is 4.79 Å². The second-order valence-electron chi connectivity index (χ2n) is 5.43. The highest BCUT2D eigenvalue weighted by Crippen LogP contribution is 2.24. The SMILES string of the molecule is COc1cc(/C=C/c2ccc(NC(=O)N(C)C)cc2)cc(OC)c1. The molecule has 2 amide bonds. The van der Waals surface area contributed by atoms with E-state index in [2.05, 4.69) is 5.32 Å². The Morgan fingerprint density at radius 1 is 0.917 bits per heavy atom. The Hall–Kier alpha value is -2.95. The van der Waals surface area contributed by atoms with Crippen molar-refractivity contribution in [2.75, 3.05) is 33.6 Å². The van der Waals surface area contributed by atoms with Gasteiger partial charge in [0.25, 0.3) is 0 Å². The first-order chi connectivity index (χ1) is 11.5. The van der Waals surface area contributed by atoms with Gasteiger partial charge in [-0.15, -0.1) is 0 Å². The van der Waals surface area contributed by atoms with Gasteiger partial charge in [0, 0.05) is 25.8 Å². The fourth-order valence-electron chi connectivity index (χ4n) is 2.03. The van der Waals surface area contributed by atoms with E-state index < -0.39 is 0 Å². The summed E-state index contributed by atoms with van der Waals surface area (Å²) in [5.74, 6) is 1.49. The Morgan fingerprint density at radius 3 is 1.96 bits per heavy atom. The van der Waals surface area contributed by atoms with Crippen LogP contribution in [-0.4, -0.2) is 39.2 Å². The molecule has 5 nitrogen and oxygen atoms in total. The van der Waals surface area contributed by atoms with Crippen LogP contribution in [0.5, 0.6) is 11.5 Å². The predicted octanol–water partition coefficient (Wildman–Crippen LogP) is 3.97. The highest BCUT2D eigenvalue weighted by molar-refractivity contribution is 5.89. The molecule has 0 heterocycles. The molecule has 2 aromatic rings. The maximum absolute atomic E-state index is 11.6. The van der Waals surface area contributed by atoms with Gasteiger partial charge < -0.3 is 19.7 Å². The third-order valence-electron chi connectivity index (χ3n) is 3.41. The number of nitrogens with one attached hydrogen (secondary N) is 1. The Morgan fingerprint density at radius 2 is 1.46 bits per heavy atom. The van der Waals surface area contributed by atoms with Gasteiger partial charge in [-0.1, -0.05) is 24.3 Å². The van der Waals surface area contributed by atoms with Crippen molar-refractivity contribution in [3.63, 3.8) is 0 Å². The van der Waals surface area contributed by atoms with E-state index in [0.717, 1.165) is 28.3 Å². The van der Waals surface area contributed by atoms with E-state index in [-0.39, 0.29) is 6.03 Å². The van der Waals surface area contributed by atoms with Crippen LogP contribution < -0.4 is 14.8 Å². The average Bonchev–Trinajstić information content (AvgIpc) is 2.60. The highest BCUT2D eigenvalue weighted by atomic mass is 16.5. The summed E-state index contributed by atoms with van der Waals surface area (Å²) in [5.41, 5.74) is 2.77. The van der Waals surface area contributed by atoms with E-state index in [1.54, 1.807) is 28.3 Å². The van der Waals surface area contributed by atoms with Crippen LogP contribution in [0.25, 0.3) is 12.2 Å². The number of hydrogen-bond acceptors (Lipinski definition) is 3. The summed E-state index contributed by atoms with van der Waals surface area (Å²) in [6, 6.07) is 13.2. The first-order valence-corrected chi connectivity index (χ1v) is 7.51. The van der Waals surface area contributed by atoms with Gasteiger partial charge in [0.05, 0.1) is 14.2 Å². The molecule has 0 spiro atoms. The van der Waals surface area contributed by atoms with Crippen LogP contribution in [0.15, 0.2) is 42.5 Å². The minimum absolute atomic E-state index is 0.151. The Kier molecular flexibility index (Phi) is 5.84. The quantitative estimate of drug-likeness (QED) is 0.846. The number of ether oxygens (including phenoxy) is 2. The summed E-state index contributed by atoms with van der Waals surface area (Å²) in [5, 5.41) is 2.80. The molecule has 0 radical (unpaired) electrons. The predicted molar refractivity (Wildman–Crippen MR) is 97.6 cm³/mol. The molecule has 0 unspecified atom stereocenters. The van der Waals surface area contributed by atoms with Crippen molar-refractivity contribution >= 4 is 23.9 Å². The van der Waals surface area contributed by atoms with Crippen molar-refractivity contribution in [3.05, 3.63) is 53.6 Å². The van der Waals surface area contributed by atoms with E-state index >= 15 is 0 Å². The number of carbonyl (C=O) groups is 1. The molecule has 0 atom stereocenters. The molecular weight excluding hydrogens is 304 g/mol. The van der Waals surface area contributed by atoms with Gasteiger partial charge in [0.15, 0.2) is 0 Å². The van der Waals surface area contributed by atoms with Crippen molar-refractivity contribution in [1.82, 2.24) is 4.90 Å². The number of methoxy groups -OCH3 is 2. The van der Waals surface area contributed by atoms with Crippen LogP contribution in [0.2, 0.25) is 0 Å². The van der Waals surface area contributed by atoms with Gasteiger partial charge in [-0.3, -0.25) is 0 Å². The van der Waals surface area contributed by atoms with Crippen LogP contribution in [0.4, 0.5) is 10.5 Å². The molecule has 0 bridgehead atoms. The second kappa shape index (κ2) is 8.06. The van der Waals surface area contributed by atoms with Gasteiger partial charge >= 0.3 is 6.03 Å². The van der Waals surface area contributed by atoms with Gasteiger partial charge in [-0.05, 0) is 35.4 Å². The molecule has 2 rings (SSSR count). The zero-order chi connectivity index (χ0) is 17.5. The molecule has 0 saturated carbocycles. The lowest BCUT2D eigenvalue weighted by molar-refractivity contribution is 0.230. The second-order valence-corrected chi connectivity index (χ2v) is 5.43. The molecule has 126 valence electrons. The smallest absolute Gasteiger partial charge is 0.321 e. The van der Waals surface area contributed by atoms with E-state index in [0.29, 0.717) is 0 Å². The minimum atomic E-state index is -0.151. The van der Waals surface area contributed by atoms with Crippen LogP contribution in [0.1, 0.15) is 11.1 Å². The molecule has 24 heavy (non-hydrogen) atoms. The molecule has 0 fully saturated rings. The zero-order valence-electron chi connectivity index (χ0n) is 14.4. The molecular formula is C19H22N2O3. The number of amides is 2. The van der Waals surface area contributed by atoms with Crippen molar-refractivity contribution in [3.8, 4) is 11.5 Å². The minimum Gasteiger partial charge on any atom is -0.497 e. The van der Waals surface area contributed by atoms with Crippen LogP contribution in [0.3, 0.4) is 0 Å². The monoisotopic (exact) mass is 326 g/mol. The van der Waals surface area contributed by atoms with E-state index in [1.807, 2.05) is 54.6 Å². The average molecular weight is 326 g/mol. The summed E-state index contributed by atoms with van der Waals surface area (Å²) in [7, 11) is 6.66. The third-order valence-corrected chi connectivity index (χ3v) is 3.41. The number of carbonyl (C=O) groups excluding carboxylic acids is 1. The van der Waals surface area contributed by atoms with Crippen LogP contribution >= 0.6 is 0 Å². The number of hydrogen-bond donors (Lipinski definition) is 1. The van der Waals surface area contributed by atoms with Crippen molar-refractivity contribution < 1.29 is 14.3 Å². The van der Waals surface area contributed by atoms with E-state index in [1.165, 1.54) is 4.90 Å². The summed E-state index contributed by atoms with van der Waals surface area (Å²) in [6.45, 7) is 0. The topological polar surface area (TPSA) is 50.8 Å². The van der Waals surface area contributed by atoms with Gasteiger partial charge in [0.2, 0.25) is 0 Å². The first-order valence-electron chi connectivity index (χ1n) is 7.51. The molecule has 0 aromatic heterocycles. The Labute approximate surface area is 142 Å². The van der Waals surface area contributed by atoms with Gasteiger partial charge in [0.1, 0.15) is 11.5 Å².